The summed E-state index contributed by atoms with van der Waals surface area (Å²) < 4.78 is 40.3. The van der Waals surface area contributed by atoms with Gasteiger partial charge in [-0.2, -0.15) is 15.0 Å². The molecule has 0 radical (unpaired) electrons. The molecule has 0 saturated carbocycles. The molecule has 1 N–H and O–H groups in total. The third-order valence-corrected chi connectivity index (χ3v) is 6.12. The van der Waals surface area contributed by atoms with Gasteiger partial charge in [0.15, 0.2) is 11.0 Å². The Kier molecular flexibility index (Phi) is 5.03. The lowest BCUT2D eigenvalue weighted by molar-refractivity contribution is 0.166. The van der Waals surface area contributed by atoms with Gasteiger partial charge in [0.05, 0.1) is 12.6 Å². The van der Waals surface area contributed by atoms with E-state index >= 15 is 0 Å². The second-order valence-electron chi connectivity index (χ2n) is 7.88. The zero-order chi connectivity index (χ0) is 20.0. The van der Waals surface area contributed by atoms with Gasteiger partial charge in [-0.15, -0.1) is 0 Å². The molecule has 0 aliphatic carbocycles. The molecule has 29 heavy (non-hydrogen) atoms. The van der Waals surface area contributed by atoms with Crippen molar-refractivity contribution >= 4 is 28.3 Å². The molecule has 156 valence electrons. The van der Waals surface area contributed by atoms with Crippen LogP contribution in [0.3, 0.4) is 0 Å². The minimum Gasteiger partial charge on any atom is -0.475 e. The molecular formula is C19H22ClF2N5O2. The lowest BCUT2D eigenvalue weighted by Crippen LogP contribution is -2.50. The first kappa shape index (κ1) is 19.0. The number of ether oxygens (including phenoxy) is 2. The average molecular weight is 426 g/mol. The minimum atomic E-state index is -0.907. The number of halogens is 3. The maximum absolute atomic E-state index is 14.7. The summed E-state index contributed by atoms with van der Waals surface area (Å²) in [6.07, 6.45) is 2.28. The largest absolute Gasteiger partial charge is 0.475 e. The van der Waals surface area contributed by atoms with Crippen molar-refractivity contribution < 1.29 is 18.3 Å². The van der Waals surface area contributed by atoms with Gasteiger partial charge in [-0.25, -0.2) is 8.78 Å². The molecule has 2 fully saturated rings. The van der Waals surface area contributed by atoms with Gasteiger partial charge in [0.1, 0.15) is 29.5 Å². The fourth-order valence-electron chi connectivity index (χ4n) is 4.20. The first-order chi connectivity index (χ1) is 14.1. The summed E-state index contributed by atoms with van der Waals surface area (Å²) in [4.78, 5) is 14.9. The highest BCUT2D eigenvalue weighted by molar-refractivity contribution is 6.30. The quantitative estimate of drug-likeness (QED) is 0.758. The number of hydrogen-bond acceptors (Lipinski definition) is 7. The van der Waals surface area contributed by atoms with Crippen molar-refractivity contribution in [1.29, 1.82) is 0 Å². The number of nitrogens with zero attached hydrogens (tertiary/aromatic N) is 4. The number of anilines is 1. The zero-order valence-electron chi connectivity index (χ0n) is 15.8. The summed E-state index contributed by atoms with van der Waals surface area (Å²) in [5, 5.41) is 3.22. The molecule has 0 bridgehead atoms. The Hall–Kier alpha value is -2.00. The topological polar surface area (TPSA) is 72.4 Å². The van der Waals surface area contributed by atoms with E-state index in [2.05, 4.69) is 25.2 Å². The second-order valence-corrected chi connectivity index (χ2v) is 8.24. The van der Waals surface area contributed by atoms with Crippen LogP contribution >= 0.6 is 11.6 Å². The normalized spacial score (nSPS) is 26.6. The molecule has 0 amide bonds. The van der Waals surface area contributed by atoms with Crippen LogP contribution in [0.4, 0.5) is 14.6 Å². The Labute approximate surface area is 171 Å². The Balaban J connectivity index is 1.47. The van der Waals surface area contributed by atoms with Crippen LogP contribution < -0.4 is 19.7 Å². The molecule has 2 saturated heterocycles. The smallest absolute Gasteiger partial charge is 0.319 e. The van der Waals surface area contributed by atoms with Crippen LogP contribution in [0.15, 0.2) is 0 Å². The fourth-order valence-corrected chi connectivity index (χ4v) is 4.37. The van der Waals surface area contributed by atoms with Gasteiger partial charge in [-0.3, -0.25) is 0 Å². The van der Waals surface area contributed by atoms with E-state index in [0.29, 0.717) is 37.4 Å². The average Bonchev–Trinajstić information content (AvgIpc) is 2.75. The monoisotopic (exact) mass is 425 g/mol. The maximum Gasteiger partial charge on any atom is 0.319 e. The predicted molar refractivity (Wildman–Crippen MR) is 104 cm³/mol. The summed E-state index contributed by atoms with van der Waals surface area (Å²) in [6, 6.07) is 0.227. The third kappa shape index (κ3) is 3.54. The number of aromatic nitrogens is 3. The first-order valence-electron chi connectivity index (χ1n) is 10.0. The van der Waals surface area contributed by atoms with Gasteiger partial charge < -0.3 is 19.7 Å². The van der Waals surface area contributed by atoms with Crippen LogP contribution in [0, 0.1) is 11.7 Å². The van der Waals surface area contributed by atoms with Crippen molar-refractivity contribution in [3.63, 3.8) is 0 Å². The van der Waals surface area contributed by atoms with E-state index in [4.69, 9.17) is 21.1 Å². The lowest BCUT2D eigenvalue weighted by atomic mass is 9.96. The Morgan fingerprint density at radius 1 is 1.28 bits per heavy atom. The molecule has 0 unspecified atom stereocenters. The van der Waals surface area contributed by atoms with Crippen LogP contribution in [0.2, 0.25) is 5.15 Å². The van der Waals surface area contributed by atoms with E-state index in [1.54, 1.807) is 0 Å². The van der Waals surface area contributed by atoms with Crippen LogP contribution in [0.5, 0.6) is 11.9 Å². The number of nitrogens with one attached hydrogen (secondary N) is 1. The molecule has 2 aromatic heterocycles. The van der Waals surface area contributed by atoms with E-state index in [1.165, 1.54) is 0 Å². The van der Waals surface area contributed by atoms with Gasteiger partial charge >= 0.3 is 6.01 Å². The summed E-state index contributed by atoms with van der Waals surface area (Å²) in [6.45, 7) is 2.68. The van der Waals surface area contributed by atoms with E-state index in [-0.39, 0.29) is 34.5 Å². The van der Waals surface area contributed by atoms with Crippen molar-refractivity contribution in [2.45, 2.75) is 37.9 Å². The van der Waals surface area contributed by atoms with Crippen molar-refractivity contribution in [3.8, 4) is 11.9 Å². The molecule has 5 rings (SSSR count). The molecule has 5 heterocycles. The lowest BCUT2D eigenvalue weighted by Gasteiger charge is -2.40. The van der Waals surface area contributed by atoms with Gasteiger partial charge in [-0.05, 0) is 38.1 Å². The molecule has 10 heteroatoms. The molecule has 7 nitrogen and oxygen atoms in total. The number of hydrogen-bond donors (Lipinski definition) is 1. The summed E-state index contributed by atoms with van der Waals surface area (Å²) >= 11 is 5.96. The van der Waals surface area contributed by atoms with Crippen LogP contribution in [-0.4, -0.2) is 60.0 Å². The highest BCUT2D eigenvalue weighted by Gasteiger charge is 2.37. The Morgan fingerprint density at radius 3 is 3.00 bits per heavy atom. The van der Waals surface area contributed by atoms with Crippen LogP contribution in [-0.2, 0) is 0 Å². The van der Waals surface area contributed by atoms with Gasteiger partial charge in [0.2, 0.25) is 5.88 Å². The van der Waals surface area contributed by atoms with Crippen molar-refractivity contribution in [2.24, 2.45) is 5.92 Å². The van der Waals surface area contributed by atoms with Crippen LogP contribution in [0.25, 0.3) is 10.9 Å². The van der Waals surface area contributed by atoms with E-state index in [1.807, 2.05) is 0 Å². The standard InChI is InChI=1S/C19H22ClF2N5O2/c20-16-14(22)15-13-17(27-5-3-12(27)9-28-18(13)25-16)26-19(24-15)29-8-10-2-1-4-23-7-11(21)6-10/h10-12,23H,1-9H2/t10-,11-,12+/m1/s1. The molecule has 3 aliphatic rings. The molecule has 0 spiro atoms. The molecule has 2 aromatic rings. The van der Waals surface area contributed by atoms with Gasteiger partial charge in [-0.1, -0.05) is 11.6 Å². The van der Waals surface area contributed by atoms with E-state index in [9.17, 15) is 8.78 Å². The number of alkyl halides is 1. The highest BCUT2D eigenvalue weighted by Crippen LogP contribution is 2.41. The number of fused-ring (bicyclic) bond motifs is 2. The highest BCUT2D eigenvalue weighted by atomic mass is 35.5. The zero-order valence-corrected chi connectivity index (χ0v) is 16.6. The number of pyridine rings is 1. The van der Waals surface area contributed by atoms with Crippen LogP contribution in [0.1, 0.15) is 25.7 Å². The Bertz CT molecular complexity index is 933. The van der Waals surface area contributed by atoms with Crippen molar-refractivity contribution in [2.75, 3.05) is 37.7 Å². The molecule has 3 atom stereocenters. The number of rotatable bonds is 3. The van der Waals surface area contributed by atoms with E-state index < -0.39 is 12.0 Å². The SMILES string of the molecule is Fc1c(Cl)nc2c3c(nc(OC[C@@H]4CCCNC[C@H](F)C4)nc13)N1CC[C@H]1CO2. The summed E-state index contributed by atoms with van der Waals surface area (Å²) in [5.74, 6) is 0.145. The summed E-state index contributed by atoms with van der Waals surface area (Å²) in [7, 11) is 0. The van der Waals surface area contributed by atoms with Gasteiger partial charge in [0, 0.05) is 13.1 Å². The Morgan fingerprint density at radius 2 is 2.17 bits per heavy atom. The second kappa shape index (κ2) is 7.68. The first-order valence-corrected chi connectivity index (χ1v) is 10.4. The van der Waals surface area contributed by atoms with E-state index in [0.717, 1.165) is 32.4 Å². The molecule has 3 aliphatic heterocycles. The molecule has 0 aromatic carbocycles. The minimum absolute atomic E-state index is 0.0396. The maximum atomic E-state index is 14.7. The van der Waals surface area contributed by atoms with Crippen molar-refractivity contribution in [1.82, 2.24) is 20.3 Å². The fraction of sp³-hybridized carbons (Fsp3) is 0.632. The van der Waals surface area contributed by atoms with Crippen molar-refractivity contribution in [3.05, 3.63) is 11.0 Å². The summed E-state index contributed by atoms with van der Waals surface area (Å²) in [5.41, 5.74) is 0.0396. The third-order valence-electron chi connectivity index (χ3n) is 5.87. The predicted octanol–water partition coefficient (Wildman–Crippen LogP) is 2.90. The van der Waals surface area contributed by atoms with Gasteiger partial charge in [0.25, 0.3) is 0 Å². The molecular weight excluding hydrogens is 404 g/mol.